The van der Waals surface area contributed by atoms with Crippen LogP contribution < -0.4 is 11.1 Å². The van der Waals surface area contributed by atoms with Crippen molar-refractivity contribution in [3.8, 4) is 0 Å². The van der Waals surface area contributed by atoms with E-state index in [1.807, 2.05) is 48.5 Å². The van der Waals surface area contributed by atoms with Crippen molar-refractivity contribution in [2.24, 2.45) is 5.73 Å². The molecule has 2 rings (SSSR count). The van der Waals surface area contributed by atoms with Crippen molar-refractivity contribution in [2.45, 2.75) is 6.42 Å². The predicted octanol–water partition coefficient (Wildman–Crippen LogP) is 3.04. The lowest BCUT2D eigenvalue weighted by Gasteiger charge is -2.09. The summed E-state index contributed by atoms with van der Waals surface area (Å²) in [5, 5.41) is 2.90. The topological polar surface area (TPSA) is 55.1 Å². The van der Waals surface area contributed by atoms with Crippen LogP contribution in [0.1, 0.15) is 15.9 Å². The number of carbonyl (C=O) groups is 1. The highest BCUT2D eigenvalue weighted by Gasteiger charge is 2.10. The summed E-state index contributed by atoms with van der Waals surface area (Å²) in [6, 6.07) is 15.3. The van der Waals surface area contributed by atoms with Crippen molar-refractivity contribution in [1.29, 1.82) is 0 Å². The standard InChI is InChI=1S/C15H15IN2O/c16-12-5-7-13(8-6-12)18-15(19)14-4-2-1-3-11(14)9-10-17/h1-8H,9-10,17H2,(H,18,19). The summed E-state index contributed by atoms with van der Waals surface area (Å²) in [7, 11) is 0. The Bertz CT molecular complexity index is 567. The Balaban J connectivity index is 2.18. The molecule has 0 spiro atoms. The zero-order valence-electron chi connectivity index (χ0n) is 10.4. The number of hydrogen-bond donors (Lipinski definition) is 2. The molecular weight excluding hydrogens is 351 g/mol. The lowest BCUT2D eigenvalue weighted by atomic mass is 10.0. The van der Waals surface area contributed by atoms with Crippen molar-refractivity contribution in [3.05, 3.63) is 63.2 Å². The van der Waals surface area contributed by atoms with E-state index in [0.29, 0.717) is 18.5 Å². The zero-order chi connectivity index (χ0) is 13.7. The molecule has 2 aromatic carbocycles. The summed E-state index contributed by atoms with van der Waals surface area (Å²) in [5.41, 5.74) is 8.03. The minimum atomic E-state index is -0.0924. The second-order valence-corrected chi connectivity index (χ2v) is 5.40. The highest BCUT2D eigenvalue weighted by molar-refractivity contribution is 14.1. The van der Waals surface area contributed by atoms with E-state index in [9.17, 15) is 4.79 Å². The van der Waals surface area contributed by atoms with Gasteiger partial charge in [0, 0.05) is 14.8 Å². The molecular formula is C15H15IN2O. The number of rotatable bonds is 4. The molecule has 2 aromatic rings. The molecule has 1 amide bonds. The van der Waals surface area contributed by atoms with Gasteiger partial charge in [-0.05, 0) is 71.5 Å². The second kappa shape index (κ2) is 6.68. The Labute approximate surface area is 126 Å². The molecule has 0 radical (unpaired) electrons. The number of amides is 1. The minimum absolute atomic E-state index is 0.0924. The van der Waals surface area contributed by atoms with Crippen LogP contribution in [0.4, 0.5) is 5.69 Å². The molecule has 0 bridgehead atoms. The molecule has 19 heavy (non-hydrogen) atoms. The Hall–Kier alpha value is -1.40. The summed E-state index contributed by atoms with van der Waals surface area (Å²) in [4.78, 5) is 12.2. The average Bonchev–Trinajstić information content (AvgIpc) is 2.42. The van der Waals surface area contributed by atoms with Gasteiger partial charge in [-0.1, -0.05) is 18.2 Å². The predicted molar refractivity (Wildman–Crippen MR) is 86.3 cm³/mol. The van der Waals surface area contributed by atoms with E-state index in [0.717, 1.165) is 14.8 Å². The average molecular weight is 366 g/mol. The number of nitrogens with two attached hydrogens (primary N) is 1. The molecule has 0 saturated heterocycles. The van der Waals surface area contributed by atoms with Crippen LogP contribution in [0.25, 0.3) is 0 Å². The molecule has 0 fully saturated rings. The lowest BCUT2D eigenvalue weighted by molar-refractivity contribution is 0.102. The maximum Gasteiger partial charge on any atom is 0.255 e. The number of carbonyl (C=O) groups excluding carboxylic acids is 1. The molecule has 0 saturated carbocycles. The highest BCUT2D eigenvalue weighted by atomic mass is 127. The fourth-order valence-corrected chi connectivity index (χ4v) is 2.21. The molecule has 0 aliphatic heterocycles. The molecule has 3 N–H and O–H groups in total. The van der Waals surface area contributed by atoms with Gasteiger partial charge in [0.15, 0.2) is 0 Å². The summed E-state index contributed by atoms with van der Waals surface area (Å²) < 4.78 is 1.14. The van der Waals surface area contributed by atoms with Crippen molar-refractivity contribution >= 4 is 34.2 Å². The maximum absolute atomic E-state index is 12.2. The number of anilines is 1. The Morgan fingerprint density at radius 1 is 1.11 bits per heavy atom. The monoisotopic (exact) mass is 366 g/mol. The third kappa shape index (κ3) is 3.78. The molecule has 0 heterocycles. The molecule has 0 unspecified atom stereocenters. The van der Waals surface area contributed by atoms with Gasteiger partial charge in [-0.3, -0.25) is 4.79 Å². The van der Waals surface area contributed by atoms with Gasteiger partial charge in [0.1, 0.15) is 0 Å². The van der Waals surface area contributed by atoms with E-state index in [1.165, 1.54) is 0 Å². The molecule has 0 atom stereocenters. The van der Waals surface area contributed by atoms with Crippen molar-refractivity contribution in [3.63, 3.8) is 0 Å². The number of hydrogen-bond acceptors (Lipinski definition) is 2. The van der Waals surface area contributed by atoms with E-state index in [4.69, 9.17) is 5.73 Å². The lowest BCUT2D eigenvalue weighted by Crippen LogP contribution is -2.15. The third-order valence-electron chi connectivity index (χ3n) is 2.78. The van der Waals surface area contributed by atoms with Gasteiger partial charge in [-0.15, -0.1) is 0 Å². The first-order valence-corrected chi connectivity index (χ1v) is 7.13. The largest absolute Gasteiger partial charge is 0.330 e. The Morgan fingerprint density at radius 2 is 1.79 bits per heavy atom. The fourth-order valence-electron chi connectivity index (χ4n) is 1.85. The van der Waals surface area contributed by atoms with Crippen molar-refractivity contribution in [1.82, 2.24) is 0 Å². The Kier molecular flexibility index (Phi) is 4.93. The number of nitrogens with one attached hydrogen (secondary N) is 1. The summed E-state index contributed by atoms with van der Waals surface area (Å²) in [5.74, 6) is -0.0924. The first-order valence-electron chi connectivity index (χ1n) is 6.05. The number of benzene rings is 2. The van der Waals surface area contributed by atoms with Gasteiger partial charge in [0.05, 0.1) is 0 Å². The van der Waals surface area contributed by atoms with Crippen LogP contribution in [-0.2, 0) is 6.42 Å². The van der Waals surface area contributed by atoms with E-state index < -0.39 is 0 Å². The van der Waals surface area contributed by atoms with E-state index in [-0.39, 0.29) is 5.91 Å². The second-order valence-electron chi connectivity index (χ2n) is 4.16. The highest BCUT2D eigenvalue weighted by Crippen LogP contribution is 2.15. The van der Waals surface area contributed by atoms with Gasteiger partial charge in [0.25, 0.3) is 5.91 Å². The first kappa shape index (κ1) is 14.0. The SMILES string of the molecule is NCCc1ccccc1C(=O)Nc1ccc(I)cc1. The number of halogens is 1. The summed E-state index contributed by atoms with van der Waals surface area (Å²) >= 11 is 2.23. The van der Waals surface area contributed by atoms with Gasteiger partial charge >= 0.3 is 0 Å². The van der Waals surface area contributed by atoms with Crippen LogP contribution in [0.3, 0.4) is 0 Å². The van der Waals surface area contributed by atoms with E-state index >= 15 is 0 Å². The molecule has 3 nitrogen and oxygen atoms in total. The van der Waals surface area contributed by atoms with Crippen LogP contribution in [-0.4, -0.2) is 12.5 Å². The van der Waals surface area contributed by atoms with Crippen LogP contribution >= 0.6 is 22.6 Å². The van der Waals surface area contributed by atoms with Crippen LogP contribution in [0.15, 0.2) is 48.5 Å². The van der Waals surface area contributed by atoms with E-state index in [1.54, 1.807) is 0 Å². The third-order valence-corrected chi connectivity index (χ3v) is 3.50. The van der Waals surface area contributed by atoms with Crippen LogP contribution in [0, 0.1) is 3.57 Å². The van der Waals surface area contributed by atoms with Crippen molar-refractivity contribution < 1.29 is 4.79 Å². The molecule has 0 aliphatic carbocycles. The molecule has 0 aromatic heterocycles. The van der Waals surface area contributed by atoms with Crippen molar-refractivity contribution in [2.75, 3.05) is 11.9 Å². The fraction of sp³-hybridized carbons (Fsp3) is 0.133. The Morgan fingerprint density at radius 3 is 2.47 bits per heavy atom. The van der Waals surface area contributed by atoms with Crippen LogP contribution in [0.2, 0.25) is 0 Å². The summed E-state index contributed by atoms with van der Waals surface area (Å²) in [6.45, 7) is 0.536. The van der Waals surface area contributed by atoms with Gasteiger partial charge in [0.2, 0.25) is 0 Å². The molecule has 4 heteroatoms. The summed E-state index contributed by atoms with van der Waals surface area (Å²) in [6.07, 6.45) is 0.705. The maximum atomic E-state index is 12.2. The van der Waals surface area contributed by atoms with Crippen LogP contribution in [0.5, 0.6) is 0 Å². The van der Waals surface area contributed by atoms with Gasteiger partial charge < -0.3 is 11.1 Å². The van der Waals surface area contributed by atoms with E-state index in [2.05, 4.69) is 27.9 Å². The van der Waals surface area contributed by atoms with Gasteiger partial charge in [-0.25, -0.2) is 0 Å². The normalized spacial score (nSPS) is 10.2. The van der Waals surface area contributed by atoms with Gasteiger partial charge in [-0.2, -0.15) is 0 Å². The zero-order valence-corrected chi connectivity index (χ0v) is 12.6. The molecule has 0 aliphatic rings. The minimum Gasteiger partial charge on any atom is -0.330 e. The smallest absolute Gasteiger partial charge is 0.255 e. The quantitative estimate of drug-likeness (QED) is 0.818. The first-order chi connectivity index (χ1) is 9.20. The molecule has 98 valence electrons.